The van der Waals surface area contributed by atoms with Gasteiger partial charge in [-0.3, -0.25) is 0 Å². The summed E-state index contributed by atoms with van der Waals surface area (Å²) >= 11 is 3.42. The molecule has 0 fully saturated rings. The number of carbonyl (C=O) groups is 1. The Morgan fingerprint density at radius 3 is 2.75 bits per heavy atom. The number of benzene rings is 1. The maximum absolute atomic E-state index is 11.6. The smallest absolute Gasteiger partial charge is 0.319 e. The van der Waals surface area contributed by atoms with E-state index in [9.17, 15) is 4.79 Å². The van der Waals surface area contributed by atoms with Gasteiger partial charge in [-0.1, -0.05) is 13.0 Å². The summed E-state index contributed by atoms with van der Waals surface area (Å²) in [5.74, 6) is 0. The van der Waals surface area contributed by atoms with Crippen molar-refractivity contribution in [1.29, 1.82) is 0 Å². The number of hydrogen-bond acceptors (Lipinski definition) is 1. The maximum Gasteiger partial charge on any atom is 0.319 e. The zero-order valence-corrected chi connectivity index (χ0v) is 11.4. The first-order valence-electron chi connectivity index (χ1n) is 5.36. The molecule has 0 aliphatic heterocycles. The predicted molar refractivity (Wildman–Crippen MR) is 70.8 cm³/mol. The van der Waals surface area contributed by atoms with E-state index in [1.54, 1.807) is 0 Å². The molecular formula is C12H17BrN2O. The summed E-state index contributed by atoms with van der Waals surface area (Å²) in [4.78, 5) is 11.6. The standard InChI is InChI=1S/C12H17BrN2O/c1-4-9(3)14-12(16)15-11-6-5-8(2)7-10(11)13/h5-7,9H,4H2,1-3H3,(H2,14,15,16). The minimum atomic E-state index is -0.168. The highest BCUT2D eigenvalue weighted by molar-refractivity contribution is 9.10. The average molecular weight is 285 g/mol. The zero-order chi connectivity index (χ0) is 12.1. The Bertz CT molecular complexity index is 379. The lowest BCUT2D eigenvalue weighted by Crippen LogP contribution is -2.35. The lowest BCUT2D eigenvalue weighted by molar-refractivity contribution is 0.249. The normalized spacial score (nSPS) is 12.0. The first kappa shape index (κ1) is 13.0. The van der Waals surface area contributed by atoms with Crippen LogP contribution in [-0.4, -0.2) is 12.1 Å². The third kappa shape index (κ3) is 3.85. The van der Waals surface area contributed by atoms with Crippen molar-refractivity contribution in [3.63, 3.8) is 0 Å². The number of carbonyl (C=O) groups excluding carboxylic acids is 1. The van der Waals surface area contributed by atoms with Crippen LogP contribution in [0.5, 0.6) is 0 Å². The summed E-state index contributed by atoms with van der Waals surface area (Å²) in [5, 5.41) is 5.65. The number of urea groups is 1. The number of aryl methyl sites for hydroxylation is 1. The molecule has 3 nitrogen and oxygen atoms in total. The van der Waals surface area contributed by atoms with Crippen molar-refractivity contribution < 1.29 is 4.79 Å². The van der Waals surface area contributed by atoms with Crippen LogP contribution in [0.2, 0.25) is 0 Å². The van der Waals surface area contributed by atoms with E-state index in [1.807, 2.05) is 39.0 Å². The van der Waals surface area contributed by atoms with E-state index in [4.69, 9.17) is 0 Å². The molecule has 2 amide bonds. The molecule has 1 atom stereocenters. The number of rotatable bonds is 3. The van der Waals surface area contributed by atoms with Crippen LogP contribution in [0.15, 0.2) is 22.7 Å². The number of hydrogen-bond donors (Lipinski definition) is 2. The molecule has 0 spiro atoms. The fourth-order valence-corrected chi connectivity index (χ4v) is 1.80. The highest BCUT2D eigenvalue weighted by Crippen LogP contribution is 2.23. The number of amides is 2. The van der Waals surface area contributed by atoms with Crippen LogP contribution in [-0.2, 0) is 0 Å². The zero-order valence-electron chi connectivity index (χ0n) is 9.80. The molecule has 0 aromatic heterocycles. The van der Waals surface area contributed by atoms with Gasteiger partial charge in [0.1, 0.15) is 0 Å². The summed E-state index contributed by atoms with van der Waals surface area (Å²) in [6.07, 6.45) is 0.919. The van der Waals surface area contributed by atoms with Crippen LogP contribution in [0, 0.1) is 6.92 Å². The SMILES string of the molecule is CCC(C)NC(=O)Nc1ccc(C)cc1Br. The van der Waals surface area contributed by atoms with E-state index >= 15 is 0 Å². The minimum Gasteiger partial charge on any atom is -0.335 e. The van der Waals surface area contributed by atoms with Crippen molar-refractivity contribution in [1.82, 2.24) is 5.32 Å². The Balaban J connectivity index is 2.63. The van der Waals surface area contributed by atoms with E-state index < -0.39 is 0 Å². The Labute approximate surface area is 105 Å². The summed E-state index contributed by atoms with van der Waals surface area (Å²) in [7, 11) is 0. The van der Waals surface area contributed by atoms with Gasteiger partial charge in [0, 0.05) is 10.5 Å². The molecule has 88 valence electrons. The van der Waals surface area contributed by atoms with Crippen molar-refractivity contribution in [2.75, 3.05) is 5.32 Å². The van der Waals surface area contributed by atoms with Gasteiger partial charge in [-0.05, 0) is 53.9 Å². The monoisotopic (exact) mass is 284 g/mol. The van der Waals surface area contributed by atoms with E-state index in [0.29, 0.717) is 0 Å². The third-order valence-corrected chi connectivity index (χ3v) is 3.02. The molecule has 4 heteroatoms. The fourth-order valence-electron chi connectivity index (χ4n) is 1.21. The molecule has 2 N–H and O–H groups in total. The van der Waals surface area contributed by atoms with E-state index in [2.05, 4.69) is 26.6 Å². The molecule has 0 aliphatic rings. The molecule has 0 heterocycles. The first-order chi connectivity index (χ1) is 7.52. The quantitative estimate of drug-likeness (QED) is 0.874. The van der Waals surface area contributed by atoms with Gasteiger partial charge >= 0.3 is 6.03 Å². The third-order valence-electron chi connectivity index (χ3n) is 2.36. The second kappa shape index (κ2) is 5.89. The Morgan fingerprint density at radius 2 is 2.19 bits per heavy atom. The van der Waals surface area contributed by atoms with E-state index in [0.717, 1.165) is 22.1 Å². The van der Waals surface area contributed by atoms with Crippen LogP contribution >= 0.6 is 15.9 Å². The highest BCUT2D eigenvalue weighted by atomic mass is 79.9. The highest BCUT2D eigenvalue weighted by Gasteiger charge is 2.07. The molecule has 0 saturated carbocycles. The Kier molecular flexibility index (Phi) is 4.80. The van der Waals surface area contributed by atoms with Gasteiger partial charge in [0.2, 0.25) is 0 Å². The lowest BCUT2D eigenvalue weighted by atomic mass is 10.2. The van der Waals surface area contributed by atoms with Crippen molar-refractivity contribution in [3.05, 3.63) is 28.2 Å². The molecule has 1 rings (SSSR count). The van der Waals surface area contributed by atoms with Crippen LogP contribution in [0.3, 0.4) is 0 Å². The van der Waals surface area contributed by atoms with Gasteiger partial charge in [-0.2, -0.15) is 0 Å². The molecule has 1 unspecified atom stereocenters. The van der Waals surface area contributed by atoms with Crippen LogP contribution in [0.1, 0.15) is 25.8 Å². The van der Waals surface area contributed by atoms with Crippen molar-refractivity contribution in [2.45, 2.75) is 33.2 Å². The van der Waals surface area contributed by atoms with Gasteiger partial charge in [-0.25, -0.2) is 4.79 Å². The molecule has 0 saturated heterocycles. The maximum atomic E-state index is 11.6. The van der Waals surface area contributed by atoms with Crippen LogP contribution in [0.4, 0.5) is 10.5 Å². The topological polar surface area (TPSA) is 41.1 Å². The van der Waals surface area contributed by atoms with Crippen molar-refractivity contribution in [3.8, 4) is 0 Å². The number of halogens is 1. The van der Waals surface area contributed by atoms with Crippen molar-refractivity contribution in [2.24, 2.45) is 0 Å². The van der Waals surface area contributed by atoms with Gasteiger partial charge in [0.15, 0.2) is 0 Å². The predicted octanol–water partition coefficient (Wildman–Crippen LogP) is 3.68. The summed E-state index contributed by atoms with van der Waals surface area (Å²) in [6, 6.07) is 5.83. The molecule has 0 radical (unpaired) electrons. The Hall–Kier alpha value is -1.03. The summed E-state index contributed by atoms with van der Waals surface area (Å²) in [5.41, 5.74) is 1.94. The van der Waals surface area contributed by atoms with Gasteiger partial charge in [-0.15, -0.1) is 0 Å². The largest absolute Gasteiger partial charge is 0.335 e. The summed E-state index contributed by atoms with van der Waals surface area (Å²) in [6.45, 7) is 6.02. The van der Waals surface area contributed by atoms with E-state index in [1.165, 1.54) is 0 Å². The first-order valence-corrected chi connectivity index (χ1v) is 6.16. The summed E-state index contributed by atoms with van der Waals surface area (Å²) < 4.78 is 0.895. The number of nitrogens with one attached hydrogen (secondary N) is 2. The fraction of sp³-hybridized carbons (Fsp3) is 0.417. The molecule has 1 aromatic carbocycles. The van der Waals surface area contributed by atoms with Crippen LogP contribution < -0.4 is 10.6 Å². The van der Waals surface area contributed by atoms with Gasteiger partial charge in [0.25, 0.3) is 0 Å². The minimum absolute atomic E-state index is 0.168. The average Bonchev–Trinajstić information content (AvgIpc) is 2.22. The van der Waals surface area contributed by atoms with Crippen molar-refractivity contribution >= 4 is 27.6 Å². The lowest BCUT2D eigenvalue weighted by Gasteiger charge is -2.13. The Morgan fingerprint density at radius 1 is 1.50 bits per heavy atom. The van der Waals surface area contributed by atoms with Gasteiger partial charge < -0.3 is 10.6 Å². The van der Waals surface area contributed by atoms with Crippen LogP contribution in [0.25, 0.3) is 0 Å². The second-order valence-corrected chi connectivity index (χ2v) is 4.75. The number of anilines is 1. The molecular weight excluding hydrogens is 268 g/mol. The van der Waals surface area contributed by atoms with E-state index in [-0.39, 0.29) is 12.1 Å². The molecule has 0 bridgehead atoms. The molecule has 1 aromatic rings. The molecule has 0 aliphatic carbocycles. The second-order valence-electron chi connectivity index (χ2n) is 3.89. The van der Waals surface area contributed by atoms with Gasteiger partial charge in [0.05, 0.1) is 5.69 Å². The molecule has 16 heavy (non-hydrogen) atoms.